The van der Waals surface area contributed by atoms with Crippen molar-refractivity contribution in [1.82, 2.24) is 5.32 Å². The largest absolute Gasteiger partial charge is 0.480 e. The minimum atomic E-state index is -1.11. The summed E-state index contributed by atoms with van der Waals surface area (Å²) in [6, 6.07) is -8.53. The number of nitrogens with two attached hydrogens (primary N) is 17. The lowest BCUT2D eigenvalue weighted by molar-refractivity contribution is -0.140. The summed E-state index contributed by atoms with van der Waals surface area (Å²) in [6.45, 7) is 12.4. The molecule has 0 heterocycles. The van der Waals surface area contributed by atoms with E-state index in [1.54, 1.807) is 13.8 Å². The van der Waals surface area contributed by atoms with Crippen LogP contribution in [0.2, 0.25) is 0 Å². The van der Waals surface area contributed by atoms with Crippen molar-refractivity contribution in [3.8, 4) is 0 Å². The van der Waals surface area contributed by atoms with Crippen molar-refractivity contribution in [2.45, 2.75) is 211 Å². The van der Waals surface area contributed by atoms with Crippen LogP contribution in [0.3, 0.4) is 0 Å². The maximum Gasteiger partial charge on any atom is 0.320 e. The van der Waals surface area contributed by atoms with Gasteiger partial charge in [-0.25, -0.2) is 0 Å². The fraction of sp³-hybridized carbons (Fsp3) is 0.704. The summed E-state index contributed by atoms with van der Waals surface area (Å²) in [7, 11) is 0. The van der Waals surface area contributed by atoms with E-state index >= 15 is 0 Å². The van der Waals surface area contributed by atoms with E-state index in [4.69, 9.17) is 154 Å². The first-order valence-electron chi connectivity index (χ1n) is 29.6. The van der Waals surface area contributed by atoms with Gasteiger partial charge in [-0.15, -0.1) is 0 Å². The van der Waals surface area contributed by atoms with Gasteiger partial charge in [-0.2, -0.15) is 0 Å². The smallest absolute Gasteiger partial charge is 0.320 e. The molecule has 0 unspecified atom stereocenters. The van der Waals surface area contributed by atoms with Gasteiger partial charge < -0.3 is 154 Å². The average molecular weight is 1430 g/mol. The van der Waals surface area contributed by atoms with Crippen molar-refractivity contribution in [3.63, 3.8) is 0 Å². The van der Waals surface area contributed by atoms with Crippen LogP contribution in [0.25, 0.3) is 0 Å². The Bertz CT molecular complexity index is 2100. The first-order chi connectivity index (χ1) is 44.5. The molecule has 44 nitrogen and oxygen atoms in total. The minimum Gasteiger partial charge on any atom is -0.480 e. The number of carbonyl (C=O) groups is 15. The fourth-order valence-electron chi connectivity index (χ4n) is 4.91. The van der Waals surface area contributed by atoms with Crippen molar-refractivity contribution < 1.29 is 123 Å². The lowest BCUT2D eigenvalue weighted by atomic mass is 10.1. The zero-order valence-electron chi connectivity index (χ0n) is 56.4. The van der Waals surface area contributed by atoms with Crippen LogP contribution in [0.4, 0.5) is 0 Å². The maximum atomic E-state index is 10.2. The fourth-order valence-corrected chi connectivity index (χ4v) is 4.91. The van der Waals surface area contributed by atoms with Gasteiger partial charge in [-0.05, 0) is 94.9 Å². The normalized spacial score (nSPS) is 12.9. The number of unbranched alkanes of at least 4 members (excludes halogenated alkanes) is 1. The Morgan fingerprint density at radius 1 is 0.306 bits per heavy atom. The van der Waals surface area contributed by atoms with Crippen LogP contribution in [0, 0.1) is 23.2 Å². The molecular weight excluding hydrogens is 1310 g/mol. The first kappa shape index (κ1) is 110. The summed E-state index contributed by atoms with van der Waals surface area (Å²) in [4.78, 5) is 151. The standard InChI is InChI=1S/C6H14N4O2.C6H14N2O2.2C6H13NO2.5C5H10N2O3.C5H11NO2/c7-4(5(11)12)2-1-3-10-6(8)9;7-4-2-1-3-5(8)6(9)10;2*1-4(2)3-5(7)6(8)9;5*6-3(5(9)10)1-2-4(7)8;1-3(2)4(6)5(7)8/h4H,1-3,7H2,(H,11,12)(H4,8,9,10);5H,1-4,7-8H2,(H,9,10);2*4-5H,3,7H2,1-2H3,(H,8,9);5*3H,1-2,6H2,(H2,7,8)(H,9,10);3-4H,6H2,1-2H3,(H,7,8)/t4-;3*5-;5*3-;4-/m0000000000/s1. The van der Waals surface area contributed by atoms with Gasteiger partial charge in [0.1, 0.15) is 60.4 Å². The van der Waals surface area contributed by atoms with Gasteiger partial charge in [0.2, 0.25) is 29.5 Å². The number of hydrogen-bond donors (Lipinski definition) is 29. The number of rotatable bonds is 38. The van der Waals surface area contributed by atoms with Gasteiger partial charge in [-0.1, -0.05) is 48.0 Å². The van der Waals surface area contributed by atoms with E-state index in [1.807, 2.05) is 27.7 Å². The summed E-state index contributed by atoms with van der Waals surface area (Å²) in [5, 5.41) is 92.0. The summed E-state index contributed by atoms with van der Waals surface area (Å²) < 4.78 is 0. The highest BCUT2D eigenvalue weighted by molar-refractivity contribution is 5.80. The molecule has 0 bridgehead atoms. The molecule has 0 aliphatic carbocycles. The molecule has 0 spiro atoms. The molecule has 0 radical (unpaired) electrons. The van der Waals surface area contributed by atoms with Crippen molar-refractivity contribution in [1.29, 1.82) is 5.41 Å². The predicted molar refractivity (Wildman–Crippen MR) is 354 cm³/mol. The predicted octanol–water partition coefficient (Wildman–Crippen LogP) is -7.55. The average Bonchev–Trinajstić information content (AvgIpc) is 2.87. The van der Waals surface area contributed by atoms with Crippen molar-refractivity contribution in [2.75, 3.05) is 13.1 Å². The van der Waals surface area contributed by atoms with Crippen molar-refractivity contribution in [3.05, 3.63) is 0 Å². The molecule has 0 saturated heterocycles. The Kier molecular flexibility index (Phi) is 77.9. The molecule has 0 saturated carbocycles. The number of hydrogen-bond acceptors (Lipinski definition) is 27. The number of guanidine groups is 1. The van der Waals surface area contributed by atoms with Crippen LogP contribution < -0.4 is 103 Å². The number of primary amides is 5. The summed E-state index contributed by atoms with van der Waals surface area (Å²) in [6.07, 6.45) is 4.86. The van der Waals surface area contributed by atoms with Gasteiger partial charge in [0.15, 0.2) is 5.96 Å². The third-order valence-corrected chi connectivity index (χ3v) is 10.8. The number of carboxylic acids is 10. The zero-order valence-corrected chi connectivity index (χ0v) is 56.4. The van der Waals surface area contributed by atoms with Gasteiger partial charge in [0, 0.05) is 38.6 Å². The molecule has 0 aromatic rings. The van der Waals surface area contributed by atoms with Gasteiger partial charge in [-0.3, -0.25) is 77.3 Å². The van der Waals surface area contributed by atoms with Crippen molar-refractivity contribution in [2.24, 2.45) is 115 Å². The Labute approximate surface area is 567 Å². The Hall–Kier alpha value is -9.12. The third kappa shape index (κ3) is 100. The number of nitrogens with one attached hydrogen (secondary N) is 2. The second kappa shape index (κ2) is 69.2. The molecule has 0 aliphatic rings. The van der Waals surface area contributed by atoms with E-state index in [2.05, 4.69) is 5.32 Å². The number of aliphatic carboxylic acids is 10. The first-order valence-corrected chi connectivity index (χ1v) is 29.6. The molecule has 0 aromatic carbocycles. The van der Waals surface area contributed by atoms with E-state index in [9.17, 15) is 71.9 Å². The number of carbonyl (C=O) groups excluding carboxylic acids is 5. The Balaban J connectivity index is -0.000000110. The van der Waals surface area contributed by atoms with Gasteiger partial charge in [0.25, 0.3) is 0 Å². The van der Waals surface area contributed by atoms with Crippen molar-refractivity contribution >= 4 is 95.2 Å². The van der Waals surface area contributed by atoms with Gasteiger partial charge >= 0.3 is 59.7 Å². The monoisotopic (exact) mass is 1430 g/mol. The summed E-state index contributed by atoms with van der Waals surface area (Å²) in [5.41, 5.74) is 85.3. The minimum absolute atomic E-state index is 0.0208. The topological polar surface area (TPSA) is 937 Å². The Morgan fingerprint density at radius 2 is 0.500 bits per heavy atom. The third-order valence-electron chi connectivity index (χ3n) is 10.8. The van der Waals surface area contributed by atoms with Crippen LogP contribution in [-0.4, -0.2) is 220 Å². The molecule has 0 fully saturated rings. The second-order valence-electron chi connectivity index (χ2n) is 21.7. The van der Waals surface area contributed by atoms with Crippen LogP contribution in [-0.2, 0) is 71.9 Å². The SMILES string of the molecule is CC(C)C[C@H](N)C(=O)O.CC(C)C[C@H](N)C(=O)O.CC(C)[C@H](N)C(=O)O.N=C(N)NCCC[C@H](N)C(=O)O.NC(=O)CC[C@H](N)C(=O)O.NC(=O)CC[C@H](N)C(=O)O.NC(=O)CC[C@H](N)C(=O)O.NC(=O)CC[C@H](N)C(=O)O.NC(=O)CC[C@H](N)C(=O)O.NCCCC[C@H](N)C(=O)O. The lowest BCUT2D eigenvalue weighted by Gasteiger charge is -2.07. The van der Waals surface area contributed by atoms with E-state index < -0.39 is 150 Å². The summed E-state index contributed by atoms with van der Waals surface area (Å²) >= 11 is 0. The highest BCUT2D eigenvalue weighted by atomic mass is 16.4. The van der Waals surface area contributed by atoms with Crippen LogP contribution in [0.5, 0.6) is 0 Å². The zero-order chi connectivity index (χ0) is 79.9. The number of amides is 5. The van der Waals surface area contributed by atoms with Crippen LogP contribution >= 0.6 is 0 Å². The molecule has 0 aromatic heterocycles. The maximum absolute atomic E-state index is 10.2. The van der Waals surface area contributed by atoms with E-state index in [0.717, 1.165) is 12.8 Å². The number of carboxylic acid groups (broad SMARTS) is 10. The van der Waals surface area contributed by atoms with Gasteiger partial charge in [0.05, 0.1) is 0 Å². The van der Waals surface area contributed by atoms with E-state index in [0.29, 0.717) is 57.0 Å². The molecule has 0 rings (SSSR count). The van der Waals surface area contributed by atoms with Crippen LogP contribution in [0.15, 0.2) is 0 Å². The summed E-state index contributed by atoms with van der Waals surface area (Å²) in [5.74, 6) is -12.3. The molecule has 0 aliphatic heterocycles. The Morgan fingerprint density at radius 3 is 0.622 bits per heavy atom. The molecule has 44 heteroatoms. The van der Waals surface area contributed by atoms with E-state index in [-0.39, 0.29) is 76.1 Å². The molecule has 5 amide bonds. The lowest BCUT2D eigenvalue weighted by Crippen LogP contribution is -2.34. The quantitative estimate of drug-likeness (QED) is 0.0155. The van der Waals surface area contributed by atoms with Crippen LogP contribution in [0.1, 0.15) is 151 Å². The highest BCUT2D eigenvalue weighted by Gasteiger charge is 2.18. The molecule has 46 N–H and O–H groups in total. The van der Waals surface area contributed by atoms with E-state index in [1.165, 1.54) is 0 Å². The second-order valence-corrected chi connectivity index (χ2v) is 21.7. The molecule has 576 valence electrons. The molecular formula is C54H115N19O25. The highest BCUT2D eigenvalue weighted by Crippen LogP contribution is 2.03. The molecule has 98 heavy (non-hydrogen) atoms. The molecule has 10 atom stereocenters.